The summed E-state index contributed by atoms with van der Waals surface area (Å²) in [7, 11) is 0. The molecule has 0 N–H and O–H groups in total. The number of benzene rings is 19. The van der Waals surface area contributed by atoms with E-state index in [2.05, 4.69) is 467 Å². The van der Waals surface area contributed by atoms with Crippen molar-refractivity contribution < 1.29 is 0 Å². The number of hydrogen-bond donors (Lipinski definition) is 0. The molecule has 0 amide bonds. The van der Waals surface area contributed by atoms with Gasteiger partial charge in [0.25, 0.3) is 6.71 Å². The Morgan fingerprint density at radius 1 is 0.195 bits per heavy atom. The molecule has 0 unspecified atom stereocenters. The van der Waals surface area contributed by atoms with Crippen LogP contribution in [-0.4, -0.2) is 6.71 Å². The molecule has 19 aromatic rings. The molecule has 2 aliphatic heterocycles. The van der Waals surface area contributed by atoms with Crippen LogP contribution in [0.2, 0.25) is 0 Å². The molecule has 6 aliphatic rings. The van der Waals surface area contributed by atoms with E-state index >= 15 is 0 Å². The summed E-state index contributed by atoms with van der Waals surface area (Å²) in [5.74, 6) is 0. The SMILES string of the molecule is CC(C)(C)c1cc2c3c(c1)N(c1c(-c4ccccc4)cc(-c4ccccc4)cc1-c1ccccc1)c1ccc(-c4cccc5c4-c4ccccc4C54c5ccccc5-c5ccccc54)cc1B3c1cc(-c3cccc4c3-c3ccccc3C43c4ccccc4-c4ccccc43)ccc1N2c1c(-c2ccccc2)cc(-c2ccccc2)cc1-c1ccccc1. The Morgan fingerprint density at radius 2 is 0.455 bits per heavy atom. The topological polar surface area (TPSA) is 6.48 Å². The van der Waals surface area contributed by atoms with E-state index in [1.54, 1.807) is 0 Å². The van der Waals surface area contributed by atoms with Gasteiger partial charge in [-0.05, 0) is 232 Å². The van der Waals surface area contributed by atoms with Crippen molar-refractivity contribution in [3.8, 4) is 134 Å². The van der Waals surface area contributed by atoms with Crippen molar-refractivity contribution >= 4 is 57.2 Å². The van der Waals surface area contributed by atoms with Crippen LogP contribution < -0.4 is 26.2 Å². The van der Waals surface area contributed by atoms with Gasteiger partial charge in [-0.15, -0.1) is 0 Å². The Morgan fingerprint density at radius 3 is 0.764 bits per heavy atom. The Balaban J connectivity index is 0.838. The molecule has 0 bridgehead atoms. The molecule has 0 fully saturated rings. The molecule has 0 atom stereocenters. The van der Waals surface area contributed by atoms with E-state index in [1.807, 2.05) is 0 Å². The van der Waals surface area contributed by atoms with Gasteiger partial charge in [0.15, 0.2) is 0 Å². The first-order valence-corrected chi connectivity index (χ1v) is 43.3. The summed E-state index contributed by atoms with van der Waals surface area (Å²) in [6, 6.07) is 167. The predicted molar refractivity (Wildman–Crippen MR) is 515 cm³/mol. The molecule has 0 saturated carbocycles. The summed E-state index contributed by atoms with van der Waals surface area (Å²) < 4.78 is 0. The van der Waals surface area contributed by atoms with Crippen LogP contribution in [0.1, 0.15) is 70.8 Å². The highest BCUT2D eigenvalue weighted by molar-refractivity contribution is 7.00. The summed E-state index contributed by atoms with van der Waals surface area (Å²) >= 11 is 0. The first kappa shape index (κ1) is 70.8. The quantitative estimate of drug-likeness (QED) is 0.126. The van der Waals surface area contributed by atoms with Gasteiger partial charge in [-0.1, -0.05) is 409 Å². The number of fused-ring (bicyclic) bond motifs is 24. The van der Waals surface area contributed by atoms with Crippen LogP contribution in [0.4, 0.5) is 34.1 Å². The van der Waals surface area contributed by atoms with E-state index in [-0.39, 0.29) is 12.1 Å². The van der Waals surface area contributed by atoms with Crippen LogP contribution in [0.3, 0.4) is 0 Å². The maximum Gasteiger partial charge on any atom is 0.252 e. The van der Waals surface area contributed by atoms with Crippen LogP contribution in [0, 0.1) is 0 Å². The molecule has 0 radical (unpaired) electrons. The van der Waals surface area contributed by atoms with Gasteiger partial charge in [0, 0.05) is 45.0 Å². The predicted octanol–water partition coefficient (Wildman–Crippen LogP) is 29.1. The maximum atomic E-state index is 2.74. The number of hydrogen-bond acceptors (Lipinski definition) is 2. The lowest BCUT2D eigenvalue weighted by atomic mass is 9.33. The Kier molecular flexibility index (Phi) is 15.7. The van der Waals surface area contributed by atoms with E-state index in [0.717, 1.165) is 112 Å². The molecular formula is C120H81BN2. The zero-order valence-electron chi connectivity index (χ0n) is 68.5. The summed E-state index contributed by atoms with van der Waals surface area (Å²) in [5, 5.41) is 0. The first-order valence-electron chi connectivity index (χ1n) is 43.3. The second-order valence-electron chi connectivity index (χ2n) is 35.1. The summed E-state index contributed by atoms with van der Waals surface area (Å²) in [6.07, 6.45) is 0. The fourth-order valence-electron chi connectivity index (χ4n) is 22.7. The fourth-order valence-corrected chi connectivity index (χ4v) is 22.7. The van der Waals surface area contributed by atoms with Crippen molar-refractivity contribution in [1.29, 1.82) is 0 Å². The van der Waals surface area contributed by atoms with Gasteiger partial charge >= 0.3 is 0 Å². The highest BCUT2D eigenvalue weighted by atomic mass is 15.2. The van der Waals surface area contributed by atoms with Crippen molar-refractivity contribution in [2.75, 3.05) is 9.80 Å². The molecule has 0 saturated heterocycles. The van der Waals surface area contributed by atoms with E-state index in [0.29, 0.717) is 0 Å². The molecule has 19 aromatic carbocycles. The zero-order valence-corrected chi connectivity index (χ0v) is 68.5. The first-order chi connectivity index (χ1) is 60.7. The largest absolute Gasteiger partial charge is 0.310 e. The maximum absolute atomic E-state index is 2.74. The third-order valence-electron chi connectivity index (χ3n) is 27.8. The summed E-state index contributed by atoms with van der Waals surface area (Å²) in [4.78, 5) is 5.49. The average molecular weight is 1560 g/mol. The van der Waals surface area contributed by atoms with Crippen molar-refractivity contribution in [2.45, 2.75) is 37.0 Å². The van der Waals surface area contributed by atoms with Crippen LogP contribution >= 0.6 is 0 Å². The molecular weight excluding hydrogens is 1480 g/mol. The molecule has 25 rings (SSSR count). The lowest BCUT2D eigenvalue weighted by molar-refractivity contribution is 0.590. The average Bonchev–Trinajstić information content (AvgIpc) is 1.57. The molecule has 3 heteroatoms. The number of anilines is 6. The van der Waals surface area contributed by atoms with E-state index in [1.165, 1.54) is 122 Å². The van der Waals surface area contributed by atoms with Gasteiger partial charge in [0.05, 0.1) is 22.2 Å². The monoisotopic (exact) mass is 1560 g/mol. The van der Waals surface area contributed by atoms with E-state index < -0.39 is 10.8 Å². The lowest BCUT2D eigenvalue weighted by Gasteiger charge is -2.46. The van der Waals surface area contributed by atoms with Crippen molar-refractivity contribution in [2.24, 2.45) is 0 Å². The van der Waals surface area contributed by atoms with Crippen molar-refractivity contribution in [3.63, 3.8) is 0 Å². The van der Waals surface area contributed by atoms with Crippen LogP contribution in [0.5, 0.6) is 0 Å². The minimum absolute atomic E-state index is 0.359. The highest BCUT2D eigenvalue weighted by Gasteiger charge is 2.55. The van der Waals surface area contributed by atoms with Gasteiger partial charge in [-0.25, -0.2) is 0 Å². The fraction of sp³-hybridized carbons (Fsp3) is 0.0500. The second-order valence-corrected chi connectivity index (χ2v) is 35.1. The third-order valence-corrected chi connectivity index (χ3v) is 27.8. The minimum atomic E-state index is -0.548. The van der Waals surface area contributed by atoms with Crippen molar-refractivity contribution in [1.82, 2.24) is 0 Å². The van der Waals surface area contributed by atoms with Crippen LogP contribution in [0.25, 0.3) is 134 Å². The normalized spacial score (nSPS) is 13.7. The zero-order chi connectivity index (χ0) is 81.4. The van der Waals surface area contributed by atoms with Crippen molar-refractivity contribution in [3.05, 3.63) is 487 Å². The molecule has 2 spiro atoms. The van der Waals surface area contributed by atoms with Gasteiger partial charge in [0.1, 0.15) is 0 Å². The molecule has 2 nitrogen and oxygen atoms in total. The molecule has 2 heterocycles. The molecule has 0 aromatic heterocycles. The van der Waals surface area contributed by atoms with E-state index in [9.17, 15) is 0 Å². The van der Waals surface area contributed by atoms with Crippen LogP contribution in [0.15, 0.2) is 437 Å². The summed E-state index contributed by atoms with van der Waals surface area (Å²) in [6.45, 7) is 6.87. The number of rotatable bonds is 10. The van der Waals surface area contributed by atoms with Gasteiger partial charge < -0.3 is 9.80 Å². The van der Waals surface area contributed by atoms with E-state index in [4.69, 9.17) is 0 Å². The Labute approximate surface area is 719 Å². The van der Waals surface area contributed by atoms with Gasteiger partial charge in [-0.2, -0.15) is 0 Å². The standard InChI is InChI=1S/C120H81BN2/c1-118(2,3)86-74-111-115-112(75-86)123(117-97(80-44-18-8-19-45-80)70-85(77-38-12-5-13-39-77)71-98(117)81-46-20-9-21-47-81)110-67-65-83(88-55-35-63-106-114(88)94-53-27-33-61-104(94)120(106)101-58-30-24-50-91(101)92-51-25-31-59-102(92)120)73-108(110)121(115)107-72-82(87-54-34-62-105-113(87)93-52-26-32-60-103(93)119(105)99-56-28-22-48-89(99)90-49-23-29-57-100(90)119)64-66-109(107)122(111)116-95(78-40-14-6-15-41-78)68-84(76-36-10-4-11-37-76)69-96(116)79-42-16-7-17-43-79/h4-75H,1-3H3. The minimum Gasteiger partial charge on any atom is -0.310 e. The molecule has 123 heavy (non-hydrogen) atoms. The Hall–Kier alpha value is -15.2. The second kappa shape index (κ2) is 27.2. The third kappa shape index (κ3) is 10.2. The smallest absolute Gasteiger partial charge is 0.252 e. The number of nitrogens with zero attached hydrogens (tertiary/aromatic N) is 2. The highest BCUT2D eigenvalue weighted by Crippen LogP contribution is 2.67. The van der Waals surface area contributed by atoms with Crippen LogP contribution in [-0.2, 0) is 16.2 Å². The lowest BCUT2D eigenvalue weighted by Crippen LogP contribution is -2.61. The molecule has 4 aliphatic carbocycles. The molecule has 574 valence electrons. The summed E-state index contributed by atoms with van der Waals surface area (Å²) in [5.41, 5.74) is 49.4. The Bertz CT molecular complexity index is 6940. The van der Waals surface area contributed by atoms with Gasteiger partial charge in [0.2, 0.25) is 0 Å². The van der Waals surface area contributed by atoms with Gasteiger partial charge in [-0.3, -0.25) is 0 Å².